The number of rotatable bonds is 6. The van der Waals surface area contributed by atoms with Gasteiger partial charge in [0.1, 0.15) is 5.69 Å². The van der Waals surface area contributed by atoms with Gasteiger partial charge in [0.05, 0.1) is 0 Å². The third-order valence-electron chi connectivity index (χ3n) is 2.32. The Balaban J connectivity index is 1.65. The molecule has 0 aliphatic heterocycles. The van der Waals surface area contributed by atoms with Crippen molar-refractivity contribution in [2.45, 2.75) is 11.6 Å². The van der Waals surface area contributed by atoms with Crippen molar-refractivity contribution in [3.05, 3.63) is 30.1 Å². The van der Waals surface area contributed by atoms with Gasteiger partial charge in [0, 0.05) is 25.5 Å². The summed E-state index contributed by atoms with van der Waals surface area (Å²) in [5.41, 5.74) is 0.438. The lowest BCUT2D eigenvalue weighted by Gasteiger charge is -2.03. The summed E-state index contributed by atoms with van der Waals surface area (Å²) in [6, 6.07) is 5.26. The Hall–Kier alpha value is -1.96. The lowest BCUT2D eigenvalue weighted by Crippen LogP contribution is -2.25. The van der Waals surface area contributed by atoms with Crippen molar-refractivity contribution in [1.29, 1.82) is 0 Å². The number of carbonyl (C=O) groups is 1. The summed E-state index contributed by atoms with van der Waals surface area (Å²) < 4.78 is 1.62. The number of hydrogen-bond acceptors (Lipinski definition) is 6. The summed E-state index contributed by atoms with van der Waals surface area (Å²) in [6.45, 7) is 0.605. The molecule has 1 N–H and O–H groups in total. The van der Waals surface area contributed by atoms with Crippen molar-refractivity contribution in [2.24, 2.45) is 7.05 Å². The van der Waals surface area contributed by atoms with Gasteiger partial charge in [0.15, 0.2) is 0 Å². The number of hydrogen-bond donors (Lipinski definition) is 1. The number of nitrogens with one attached hydrogen (secondary N) is 1. The van der Waals surface area contributed by atoms with Crippen LogP contribution in [-0.4, -0.2) is 43.4 Å². The number of pyridine rings is 1. The van der Waals surface area contributed by atoms with Crippen molar-refractivity contribution in [1.82, 2.24) is 30.5 Å². The molecule has 0 fully saturated rings. The van der Waals surface area contributed by atoms with Gasteiger partial charge >= 0.3 is 0 Å². The minimum atomic E-state index is -0.147. The molecule has 0 aromatic carbocycles. The van der Waals surface area contributed by atoms with E-state index in [1.54, 1.807) is 47.9 Å². The molecule has 0 bridgehead atoms. The van der Waals surface area contributed by atoms with Gasteiger partial charge < -0.3 is 5.32 Å². The maximum absolute atomic E-state index is 11.7. The first-order valence-corrected chi connectivity index (χ1v) is 6.80. The highest BCUT2D eigenvalue weighted by atomic mass is 32.2. The Kier molecular flexibility index (Phi) is 4.85. The Morgan fingerprint density at radius 1 is 1.47 bits per heavy atom. The Morgan fingerprint density at radius 3 is 3.05 bits per heavy atom. The van der Waals surface area contributed by atoms with Crippen LogP contribution < -0.4 is 5.32 Å². The van der Waals surface area contributed by atoms with Gasteiger partial charge in [0.25, 0.3) is 5.91 Å². The molecule has 2 aromatic rings. The first-order valence-electron chi connectivity index (χ1n) is 5.82. The molecular formula is C11H14N6OS. The zero-order valence-corrected chi connectivity index (χ0v) is 11.3. The smallest absolute Gasteiger partial charge is 0.269 e. The lowest BCUT2D eigenvalue weighted by atomic mass is 10.3. The molecule has 1 amide bonds. The van der Waals surface area contributed by atoms with Crippen LogP contribution in [0.4, 0.5) is 0 Å². The summed E-state index contributed by atoms with van der Waals surface area (Å²) in [4.78, 5) is 15.7. The molecule has 0 saturated heterocycles. The number of tetrazole rings is 1. The molecule has 0 radical (unpaired) electrons. The monoisotopic (exact) mass is 278 g/mol. The number of amides is 1. The van der Waals surface area contributed by atoms with Crippen LogP contribution in [0.25, 0.3) is 0 Å². The summed E-state index contributed by atoms with van der Waals surface area (Å²) in [7, 11) is 1.80. The predicted molar refractivity (Wildman–Crippen MR) is 70.7 cm³/mol. The topological polar surface area (TPSA) is 85.6 Å². The highest BCUT2D eigenvalue weighted by Gasteiger charge is 2.05. The maximum atomic E-state index is 11.7. The van der Waals surface area contributed by atoms with E-state index in [1.165, 1.54) is 0 Å². The highest BCUT2D eigenvalue weighted by molar-refractivity contribution is 7.99. The van der Waals surface area contributed by atoms with E-state index >= 15 is 0 Å². The normalized spacial score (nSPS) is 10.4. The Morgan fingerprint density at radius 2 is 2.37 bits per heavy atom. The molecule has 19 heavy (non-hydrogen) atoms. The quantitative estimate of drug-likeness (QED) is 0.612. The molecule has 0 aliphatic carbocycles. The van der Waals surface area contributed by atoms with Crippen LogP contribution in [0.15, 0.2) is 29.6 Å². The van der Waals surface area contributed by atoms with Crippen molar-refractivity contribution in [3.63, 3.8) is 0 Å². The second-order valence-electron chi connectivity index (χ2n) is 3.76. The standard InChI is InChI=1S/C11H14N6OS/c1-17-11(14-15-16-17)19-8-4-7-13-10(18)9-5-2-3-6-12-9/h2-3,5-6H,4,7-8H2,1H3,(H,13,18). The third kappa shape index (κ3) is 4.02. The SMILES string of the molecule is Cn1nnnc1SCCCNC(=O)c1ccccn1. The van der Waals surface area contributed by atoms with Crippen LogP contribution in [0.1, 0.15) is 16.9 Å². The second kappa shape index (κ2) is 6.83. The molecule has 0 atom stereocenters. The Bertz CT molecular complexity index is 529. The van der Waals surface area contributed by atoms with Gasteiger partial charge in [0.2, 0.25) is 5.16 Å². The summed E-state index contributed by atoms with van der Waals surface area (Å²) in [5, 5.41) is 14.8. The van der Waals surface area contributed by atoms with Gasteiger partial charge in [-0.2, -0.15) is 0 Å². The van der Waals surface area contributed by atoms with Crippen LogP contribution >= 0.6 is 11.8 Å². The predicted octanol–water partition coefficient (Wildman–Crippen LogP) is 0.517. The molecule has 0 saturated carbocycles. The van der Waals surface area contributed by atoms with Crippen LogP contribution in [0.3, 0.4) is 0 Å². The van der Waals surface area contributed by atoms with Crippen LogP contribution in [-0.2, 0) is 7.05 Å². The molecule has 2 heterocycles. The summed E-state index contributed by atoms with van der Waals surface area (Å²) in [5.74, 6) is 0.697. The zero-order chi connectivity index (χ0) is 13.5. The van der Waals surface area contributed by atoms with Crippen LogP contribution in [0, 0.1) is 0 Å². The van der Waals surface area contributed by atoms with Gasteiger partial charge in [-0.25, -0.2) is 4.68 Å². The highest BCUT2D eigenvalue weighted by Crippen LogP contribution is 2.12. The molecule has 0 spiro atoms. The summed E-state index contributed by atoms with van der Waals surface area (Å²) >= 11 is 1.56. The third-order valence-corrected chi connectivity index (χ3v) is 3.41. The minimum Gasteiger partial charge on any atom is -0.351 e. The number of aryl methyl sites for hydroxylation is 1. The molecular weight excluding hydrogens is 264 g/mol. The fourth-order valence-electron chi connectivity index (χ4n) is 1.37. The van der Waals surface area contributed by atoms with E-state index in [0.29, 0.717) is 12.2 Å². The molecule has 2 aromatic heterocycles. The number of carbonyl (C=O) groups excluding carboxylic acids is 1. The van der Waals surface area contributed by atoms with E-state index in [9.17, 15) is 4.79 Å². The molecule has 0 aliphatic rings. The molecule has 0 unspecified atom stereocenters. The molecule has 7 nitrogen and oxygen atoms in total. The van der Waals surface area contributed by atoms with Gasteiger partial charge in [-0.15, -0.1) is 5.10 Å². The van der Waals surface area contributed by atoms with Gasteiger partial charge in [-0.05, 0) is 29.0 Å². The van der Waals surface area contributed by atoms with Crippen LogP contribution in [0.5, 0.6) is 0 Å². The zero-order valence-electron chi connectivity index (χ0n) is 10.5. The molecule has 8 heteroatoms. The van der Waals surface area contributed by atoms with E-state index in [4.69, 9.17) is 0 Å². The van der Waals surface area contributed by atoms with E-state index < -0.39 is 0 Å². The largest absolute Gasteiger partial charge is 0.351 e. The number of aromatic nitrogens is 5. The second-order valence-corrected chi connectivity index (χ2v) is 4.82. The van der Waals surface area contributed by atoms with E-state index in [-0.39, 0.29) is 5.91 Å². The first kappa shape index (κ1) is 13.5. The fourth-order valence-corrected chi connectivity index (χ4v) is 2.16. The van der Waals surface area contributed by atoms with Crippen LogP contribution in [0.2, 0.25) is 0 Å². The van der Waals surface area contributed by atoms with E-state index in [1.807, 2.05) is 0 Å². The van der Waals surface area contributed by atoms with Gasteiger partial charge in [-0.3, -0.25) is 9.78 Å². The number of thioether (sulfide) groups is 1. The lowest BCUT2D eigenvalue weighted by molar-refractivity contribution is 0.0949. The average molecular weight is 278 g/mol. The van der Waals surface area contributed by atoms with Crippen molar-refractivity contribution in [3.8, 4) is 0 Å². The van der Waals surface area contributed by atoms with E-state index in [2.05, 4.69) is 25.8 Å². The average Bonchev–Trinajstić information content (AvgIpc) is 2.85. The molecule has 100 valence electrons. The van der Waals surface area contributed by atoms with Crippen molar-refractivity contribution < 1.29 is 4.79 Å². The fraction of sp³-hybridized carbons (Fsp3) is 0.364. The van der Waals surface area contributed by atoms with E-state index in [0.717, 1.165) is 17.3 Å². The Labute approximate surface area is 114 Å². The first-order chi connectivity index (χ1) is 9.27. The van der Waals surface area contributed by atoms with Crippen molar-refractivity contribution in [2.75, 3.05) is 12.3 Å². The minimum absolute atomic E-state index is 0.147. The maximum Gasteiger partial charge on any atom is 0.269 e. The number of nitrogens with zero attached hydrogens (tertiary/aromatic N) is 5. The molecule has 2 rings (SSSR count). The van der Waals surface area contributed by atoms with Crippen molar-refractivity contribution >= 4 is 17.7 Å². The summed E-state index contributed by atoms with van der Waals surface area (Å²) in [6.07, 6.45) is 2.45. The van der Waals surface area contributed by atoms with Gasteiger partial charge in [-0.1, -0.05) is 17.8 Å².